The van der Waals surface area contributed by atoms with E-state index in [9.17, 15) is 0 Å². The van der Waals surface area contributed by atoms with Crippen LogP contribution in [0.3, 0.4) is 0 Å². The summed E-state index contributed by atoms with van der Waals surface area (Å²) in [6.07, 6.45) is 3.57. The average molecular weight is 197 g/mol. The molecule has 1 heterocycles. The molecule has 0 amide bonds. The lowest BCUT2D eigenvalue weighted by Gasteiger charge is -2.14. The van der Waals surface area contributed by atoms with Gasteiger partial charge >= 0.3 is 0 Å². The first-order chi connectivity index (χ1) is 6.77. The van der Waals surface area contributed by atoms with Crippen molar-refractivity contribution in [3.8, 4) is 0 Å². The fourth-order valence-corrected chi connectivity index (χ4v) is 1.45. The molecule has 0 aromatic carbocycles. The van der Waals surface area contributed by atoms with E-state index in [1.807, 2.05) is 6.92 Å². The first-order valence-electron chi connectivity index (χ1n) is 5.29. The van der Waals surface area contributed by atoms with E-state index < -0.39 is 0 Å². The quantitative estimate of drug-likeness (QED) is 0.758. The zero-order valence-electron chi connectivity index (χ0n) is 9.21. The average Bonchev–Trinajstić information content (AvgIpc) is 2.59. The molecule has 1 N–H and O–H groups in total. The fourth-order valence-electron chi connectivity index (χ4n) is 1.45. The number of nitrogens with one attached hydrogen (secondary N) is 1. The smallest absolute Gasteiger partial charge is 0.121 e. The van der Waals surface area contributed by atoms with Crippen LogP contribution in [0.2, 0.25) is 0 Å². The Kier molecular flexibility index (Phi) is 4.59. The Bertz CT molecular complexity index is 260. The summed E-state index contributed by atoms with van der Waals surface area (Å²) in [5, 5.41) is 11.0. The predicted octanol–water partition coefficient (Wildman–Crippen LogP) is 2.05. The molecule has 0 aliphatic carbocycles. The number of hydrogen-bond acceptors (Lipinski definition) is 4. The molecule has 0 bridgehead atoms. The Morgan fingerprint density at radius 3 is 2.64 bits per heavy atom. The molecular formula is C10H19N3O. The molecule has 4 heteroatoms. The van der Waals surface area contributed by atoms with Gasteiger partial charge in [0.2, 0.25) is 0 Å². The third kappa shape index (κ3) is 3.10. The molecule has 0 saturated carbocycles. The van der Waals surface area contributed by atoms with Crippen molar-refractivity contribution in [2.75, 3.05) is 0 Å². The van der Waals surface area contributed by atoms with Crippen LogP contribution in [0.15, 0.2) is 4.63 Å². The van der Waals surface area contributed by atoms with Crippen LogP contribution in [-0.4, -0.2) is 16.4 Å². The van der Waals surface area contributed by atoms with Gasteiger partial charge in [-0.15, -0.1) is 0 Å². The molecule has 0 aliphatic heterocycles. The largest absolute Gasteiger partial charge is 0.308 e. The Balaban J connectivity index is 2.35. The fraction of sp³-hybridized carbons (Fsp3) is 0.800. The van der Waals surface area contributed by atoms with Gasteiger partial charge in [-0.1, -0.05) is 30.6 Å². The second-order valence-corrected chi connectivity index (χ2v) is 3.57. The van der Waals surface area contributed by atoms with Crippen LogP contribution in [0.1, 0.15) is 44.5 Å². The Morgan fingerprint density at radius 2 is 2.14 bits per heavy atom. The maximum absolute atomic E-state index is 4.63. The molecule has 0 radical (unpaired) electrons. The molecule has 4 nitrogen and oxygen atoms in total. The van der Waals surface area contributed by atoms with Crippen molar-refractivity contribution >= 4 is 0 Å². The molecule has 14 heavy (non-hydrogen) atoms. The van der Waals surface area contributed by atoms with Gasteiger partial charge in [-0.2, -0.15) is 0 Å². The summed E-state index contributed by atoms with van der Waals surface area (Å²) < 4.78 is 4.63. The summed E-state index contributed by atoms with van der Waals surface area (Å²) in [6.45, 7) is 7.07. The second kappa shape index (κ2) is 5.75. The number of nitrogens with zero attached hydrogens (tertiary/aromatic N) is 2. The van der Waals surface area contributed by atoms with E-state index in [0.29, 0.717) is 6.04 Å². The molecular weight excluding hydrogens is 178 g/mol. The number of aryl methyl sites for hydroxylation is 1. The van der Waals surface area contributed by atoms with Crippen LogP contribution in [0, 0.1) is 6.92 Å². The SMILES string of the molecule is CCCC(CC)NCc1nonc1C. The molecule has 0 spiro atoms. The summed E-state index contributed by atoms with van der Waals surface area (Å²) in [5.74, 6) is 0. The van der Waals surface area contributed by atoms with Crippen LogP contribution < -0.4 is 5.32 Å². The summed E-state index contributed by atoms with van der Waals surface area (Å²) >= 11 is 0. The molecule has 0 saturated heterocycles. The van der Waals surface area contributed by atoms with Crippen molar-refractivity contribution in [2.45, 2.75) is 52.6 Å². The minimum Gasteiger partial charge on any atom is -0.308 e. The Morgan fingerprint density at radius 1 is 1.36 bits per heavy atom. The van der Waals surface area contributed by atoms with Gasteiger partial charge in [-0.05, 0) is 19.8 Å². The minimum atomic E-state index is 0.580. The van der Waals surface area contributed by atoms with Crippen LogP contribution >= 0.6 is 0 Å². The first-order valence-corrected chi connectivity index (χ1v) is 5.29. The van der Waals surface area contributed by atoms with Crippen LogP contribution in [0.4, 0.5) is 0 Å². The van der Waals surface area contributed by atoms with Gasteiger partial charge in [0.15, 0.2) is 0 Å². The van der Waals surface area contributed by atoms with E-state index >= 15 is 0 Å². The van der Waals surface area contributed by atoms with Gasteiger partial charge in [-0.3, -0.25) is 0 Å². The summed E-state index contributed by atoms with van der Waals surface area (Å²) in [5.41, 5.74) is 1.79. The second-order valence-electron chi connectivity index (χ2n) is 3.57. The molecule has 1 aromatic rings. The van der Waals surface area contributed by atoms with E-state index in [0.717, 1.165) is 24.4 Å². The van der Waals surface area contributed by atoms with Gasteiger partial charge in [-0.25, -0.2) is 4.63 Å². The van der Waals surface area contributed by atoms with Crippen molar-refractivity contribution < 1.29 is 4.63 Å². The molecule has 80 valence electrons. The first kappa shape index (κ1) is 11.2. The summed E-state index contributed by atoms with van der Waals surface area (Å²) in [4.78, 5) is 0. The monoisotopic (exact) mass is 197 g/mol. The molecule has 1 unspecified atom stereocenters. The van der Waals surface area contributed by atoms with Gasteiger partial charge in [0.25, 0.3) is 0 Å². The zero-order valence-corrected chi connectivity index (χ0v) is 9.21. The van der Waals surface area contributed by atoms with Gasteiger partial charge in [0.1, 0.15) is 11.4 Å². The molecule has 0 aliphatic rings. The van der Waals surface area contributed by atoms with Crippen LogP contribution in [0.25, 0.3) is 0 Å². The van der Waals surface area contributed by atoms with Crippen molar-refractivity contribution in [3.63, 3.8) is 0 Å². The molecule has 0 fully saturated rings. The minimum absolute atomic E-state index is 0.580. The predicted molar refractivity (Wildman–Crippen MR) is 54.9 cm³/mol. The highest BCUT2D eigenvalue weighted by atomic mass is 16.6. The topological polar surface area (TPSA) is 51.0 Å². The molecule has 1 aromatic heterocycles. The van der Waals surface area contributed by atoms with E-state index in [1.165, 1.54) is 12.8 Å². The van der Waals surface area contributed by atoms with Crippen molar-refractivity contribution in [3.05, 3.63) is 11.4 Å². The lowest BCUT2D eigenvalue weighted by atomic mass is 10.1. The normalized spacial score (nSPS) is 13.1. The van der Waals surface area contributed by atoms with Crippen LogP contribution in [0.5, 0.6) is 0 Å². The number of rotatable bonds is 6. The Hall–Kier alpha value is -0.900. The standard InChI is InChI=1S/C10H19N3O/c1-4-6-9(5-2)11-7-10-8(3)12-14-13-10/h9,11H,4-7H2,1-3H3. The molecule has 1 atom stereocenters. The lowest BCUT2D eigenvalue weighted by molar-refractivity contribution is 0.299. The molecule has 1 rings (SSSR count). The van der Waals surface area contributed by atoms with Crippen molar-refractivity contribution in [2.24, 2.45) is 0 Å². The lowest BCUT2D eigenvalue weighted by Crippen LogP contribution is -2.28. The van der Waals surface area contributed by atoms with E-state index in [2.05, 4.69) is 34.1 Å². The van der Waals surface area contributed by atoms with Gasteiger partial charge < -0.3 is 5.32 Å². The highest BCUT2D eigenvalue weighted by molar-refractivity contribution is 5.03. The van der Waals surface area contributed by atoms with E-state index in [-0.39, 0.29) is 0 Å². The third-order valence-electron chi connectivity index (χ3n) is 2.43. The van der Waals surface area contributed by atoms with Gasteiger partial charge in [0.05, 0.1) is 0 Å². The van der Waals surface area contributed by atoms with E-state index in [1.54, 1.807) is 0 Å². The maximum Gasteiger partial charge on any atom is 0.121 e. The highest BCUT2D eigenvalue weighted by Crippen LogP contribution is 2.04. The van der Waals surface area contributed by atoms with E-state index in [4.69, 9.17) is 0 Å². The van der Waals surface area contributed by atoms with Gasteiger partial charge in [0, 0.05) is 12.6 Å². The number of aromatic nitrogens is 2. The Labute approximate surface area is 85.0 Å². The van der Waals surface area contributed by atoms with Crippen molar-refractivity contribution in [1.82, 2.24) is 15.6 Å². The summed E-state index contributed by atoms with van der Waals surface area (Å²) in [7, 11) is 0. The van der Waals surface area contributed by atoms with Crippen LogP contribution in [-0.2, 0) is 6.54 Å². The number of hydrogen-bond donors (Lipinski definition) is 1. The summed E-state index contributed by atoms with van der Waals surface area (Å²) in [6, 6.07) is 0.580. The third-order valence-corrected chi connectivity index (χ3v) is 2.43. The zero-order chi connectivity index (χ0) is 10.4. The van der Waals surface area contributed by atoms with Crippen molar-refractivity contribution in [1.29, 1.82) is 0 Å². The maximum atomic E-state index is 4.63. The highest BCUT2D eigenvalue weighted by Gasteiger charge is 2.08.